The van der Waals surface area contributed by atoms with Crippen LogP contribution < -0.4 is 19.7 Å². The molecule has 2 aromatic heterocycles. The smallest absolute Gasteiger partial charge is 0.401 e. The number of hydrogen-bond donors (Lipinski definition) is 1. The third-order valence-corrected chi connectivity index (χ3v) is 6.00. The average molecular weight is 529 g/mol. The molecule has 4 rings (SSSR count). The highest BCUT2D eigenvalue weighted by atomic mass is 19.4. The van der Waals surface area contributed by atoms with Crippen LogP contribution in [0.25, 0.3) is 22.3 Å². The van der Waals surface area contributed by atoms with E-state index in [0.717, 1.165) is 22.5 Å². The molecule has 0 saturated heterocycles. The Morgan fingerprint density at radius 3 is 2.24 bits per heavy atom. The number of fused-ring (bicyclic) bond motifs is 1. The van der Waals surface area contributed by atoms with Crippen LogP contribution in [0.1, 0.15) is 13.8 Å². The lowest BCUT2D eigenvalue weighted by Gasteiger charge is -2.35. The summed E-state index contributed by atoms with van der Waals surface area (Å²) in [5.41, 5.74) is 3.95. The zero-order valence-corrected chi connectivity index (χ0v) is 22.0. The molecule has 2 heterocycles. The number of nitrogens with zero attached hydrogens (tertiary/aromatic N) is 5. The Morgan fingerprint density at radius 2 is 1.63 bits per heavy atom. The van der Waals surface area contributed by atoms with Crippen LogP contribution >= 0.6 is 0 Å². The number of alkyl halides is 3. The summed E-state index contributed by atoms with van der Waals surface area (Å²) in [5, 5.41) is 6.76. The van der Waals surface area contributed by atoms with Gasteiger partial charge in [0.1, 0.15) is 11.5 Å². The Labute approximate surface area is 219 Å². The number of hydrogen-bond acceptors (Lipinski definition) is 7. The van der Waals surface area contributed by atoms with E-state index in [1.165, 1.54) is 0 Å². The lowest BCUT2D eigenvalue weighted by atomic mass is 9.92. The molecule has 0 bridgehead atoms. The lowest BCUT2D eigenvalue weighted by Crippen LogP contribution is -2.41. The van der Waals surface area contributed by atoms with E-state index >= 15 is 0 Å². The molecule has 0 fully saturated rings. The van der Waals surface area contributed by atoms with Crippen molar-refractivity contribution in [3.8, 4) is 22.8 Å². The van der Waals surface area contributed by atoms with E-state index in [9.17, 15) is 13.2 Å². The summed E-state index contributed by atoms with van der Waals surface area (Å²) < 4.78 is 51.0. The van der Waals surface area contributed by atoms with E-state index in [0.29, 0.717) is 29.3 Å². The predicted molar refractivity (Wildman–Crippen MR) is 141 cm³/mol. The van der Waals surface area contributed by atoms with Gasteiger partial charge in [-0.15, -0.1) is 0 Å². The van der Waals surface area contributed by atoms with Crippen LogP contribution in [0.2, 0.25) is 0 Å². The molecule has 1 N–H and O–H groups in total. The number of aromatic nitrogens is 4. The second-order valence-corrected chi connectivity index (χ2v) is 9.87. The summed E-state index contributed by atoms with van der Waals surface area (Å²) >= 11 is 0. The first kappa shape index (κ1) is 27.2. The van der Waals surface area contributed by atoms with Gasteiger partial charge in [-0.2, -0.15) is 18.3 Å². The van der Waals surface area contributed by atoms with E-state index in [-0.39, 0.29) is 6.54 Å². The summed E-state index contributed by atoms with van der Waals surface area (Å²) in [6, 6.07) is 11.2. The minimum atomic E-state index is -4.28. The van der Waals surface area contributed by atoms with Gasteiger partial charge in [-0.05, 0) is 23.6 Å². The van der Waals surface area contributed by atoms with E-state index in [1.807, 2.05) is 62.3 Å². The molecule has 0 atom stereocenters. The molecule has 8 nitrogen and oxygen atoms in total. The number of nitrogens with one attached hydrogen (secondary N) is 1. The van der Waals surface area contributed by atoms with Crippen molar-refractivity contribution in [3.63, 3.8) is 0 Å². The molecule has 0 saturated carbocycles. The SMILES string of the molecule is COc1cc(OC)cc(N(CC(C)(C)CNCC(F)(F)F)c2ccc3ncc(-c4cnn(C)c4)nc3c2)c1. The highest BCUT2D eigenvalue weighted by Crippen LogP contribution is 2.36. The largest absolute Gasteiger partial charge is 0.497 e. The van der Waals surface area contributed by atoms with Gasteiger partial charge in [-0.1, -0.05) is 13.8 Å². The summed E-state index contributed by atoms with van der Waals surface area (Å²) in [6.07, 6.45) is 1.02. The van der Waals surface area contributed by atoms with E-state index < -0.39 is 18.1 Å². The number of anilines is 2. The number of halogens is 3. The van der Waals surface area contributed by atoms with Crippen LogP contribution in [-0.2, 0) is 7.05 Å². The van der Waals surface area contributed by atoms with E-state index in [2.05, 4.69) is 15.4 Å². The van der Waals surface area contributed by atoms with Gasteiger partial charge >= 0.3 is 6.18 Å². The maximum atomic E-state index is 12.8. The minimum absolute atomic E-state index is 0.155. The zero-order chi connectivity index (χ0) is 27.5. The van der Waals surface area contributed by atoms with Gasteiger partial charge in [-0.25, -0.2) is 4.98 Å². The van der Waals surface area contributed by atoms with Crippen molar-refractivity contribution in [3.05, 3.63) is 55.0 Å². The third-order valence-electron chi connectivity index (χ3n) is 6.00. The number of rotatable bonds is 10. The van der Waals surface area contributed by atoms with Crippen molar-refractivity contribution in [1.82, 2.24) is 25.1 Å². The fourth-order valence-electron chi connectivity index (χ4n) is 4.17. The first-order chi connectivity index (χ1) is 18.0. The highest BCUT2D eigenvalue weighted by molar-refractivity contribution is 5.82. The summed E-state index contributed by atoms with van der Waals surface area (Å²) in [5.74, 6) is 1.19. The molecule has 0 aliphatic heterocycles. The Kier molecular flexibility index (Phi) is 7.77. The van der Waals surface area contributed by atoms with Crippen LogP contribution in [0, 0.1) is 5.41 Å². The summed E-state index contributed by atoms with van der Waals surface area (Å²) in [4.78, 5) is 11.4. The van der Waals surface area contributed by atoms with Crippen molar-refractivity contribution < 1.29 is 22.6 Å². The Hall–Kier alpha value is -3.86. The Morgan fingerprint density at radius 1 is 0.921 bits per heavy atom. The van der Waals surface area contributed by atoms with Crippen molar-refractivity contribution in [2.45, 2.75) is 20.0 Å². The Bertz CT molecular complexity index is 1380. The molecule has 0 spiro atoms. The lowest BCUT2D eigenvalue weighted by molar-refractivity contribution is -0.125. The van der Waals surface area contributed by atoms with E-state index in [1.54, 1.807) is 37.4 Å². The van der Waals surface area contributed by atoms with Gasteiger partial charge in [0.05, 0.1) is 49.9 Å². The van der Waals surface area contributed by atoms with E-state index in [4.69, 9.17) is 14.5 Å². The molecule has 11 heteroatoms. The zero-order valence-electron chi connectivity index (χ0n) is 22.0. The fourth-order valence-corrected chi connectivity index (χ4v) is 4.17. The van der Waals surface area contributed by atoms with Crippen LogP contribution in [0.3, 0.4) is 0 Å². The van der Waals surface area contributed by atoms with Crippen molar-refractivity contribution >= 4 is 22.4 Å². The molecular formula is C27H31F3N6O2. The van der Waals surface area contributed by atoms with Crippen LogP contribution in [0.4, 0.5) is 24.5 Å². The molecule has 202 valence electrons. The van der Waals surface area contributed by atoms with Gasteiger partial charge in [-0.3, -0.25) is 9.67 Å². The van der Waals surface area contributed by atoms with Crippen molar-refractivity contribution in [2.75, 3.05) is 38.8 Å². The predicted octanol–water partition coefficient (Wildman–Crippen LogP) is 5.36. The second kappa shape index (κ2) is 10.9. The molecule has 0 unspecified atom stereocenters. The number of methoxy groups -OCH3 is 2. The molecular weight excluding hydrogens is 497 g/mol. The maximum Gasteiger partial charge on any atom is 0.401 e. The minimum Gasteiger partial charge on any atom is -0.497 e. The molecule has 2 aromatic carbocycles. The van der Waals surface area contributed by atoms with Gasteiger partial charge in [0.15, 0.2) is 0 Å². The van der Waals surface area contributed by atoms with Gasteiger partial charge in [0, 0.05) is 61.5 Å². The van der Waals surface area contributed by atoms with Gasteiger partial charge < -0.3 is 19.7 Å². The van der Waals surface area contributed by atoms with Crippen LogP contribution in [-0.4, -0.2) is 59.8 Å². The quantitative estimate of drug-likeness (QED) is 0.297. The standard InChI is InChI=1S/C27H31F3N6O2/c1-26(2,15-31-16-27(28,29)30)17-36(20-8-21(37-4)11-22(9-20)38-5)19-6-7-23-24(10-19)34-25(13-32-23)18-12-33-35(3)14-18/h6-14,31H,15-17H2,1-5H3. The summed E-state index contributed by atoms with van der Waals surface area (Å²) in [7, 11) is 4.97. The molecule has 4 aromatic rings. The van der Waals surface area contributed by atoms with Gasteiger partial charge in [0.25, 0.3) is 0 Å². The van der Waals surface area contributed by atoms with Crippen LogP contribution in [0.15, 0.2) is 55.0 Å². The van der Waals surface area contributed by atoms with Crippen molar-refractivity contribution in [2.24, 2.45) is 12.5 Å². The first-order valence-corrected chi connectivity index (χ1v) is 12.0. The molecule has 0 aliphatic carbocycles. The topological polar surface area (TPSA) is 77.3 Å². The number of ether oxygens (including phenoxy) is 2. The highest BCUT2D eigenvalue weighted by Gasteiger charge is 2.29. The molecule has 0 amide bonds. The first-order valence-electron chi connectivity index (χ1n) is 12.0. The molecule has 0 radical (unpaired) electrons. The molecule has 0 aliphatic rings. The fraction of sp³-hybridized carbons (Fsp3) is 0.370. The Balaban J connectivity index is 1.75. The van der Waals surface area contributed by atoms with Gasteiger partial charge in [0.2, 0.25) is 0 Å². The second-order valence-electron chi connectivity index (χ2n) is 9.87. The monoisotopic (exact) mass is 528 g/mol. The maximum absolute atomic E-state index is 12.8. The van der Waals surface area contributed by atoms with Crippen molar-refractivity contribution in [1.29, 1.82) is 0 Å². The average Bonchev–Trinajstić information content (AvgIpc) is 3.31. The molecule has 38 heavy (non-hydrogen) atoms. The number of benzene rings is 2. The number of aryl methyl sites for hydroxylation is 1. The summed E-state index contributed by atoms with van der Waals surface area (Å²) in [6.45, 7) is 3.34. The normalized spacial score (nSPS) is 12.1. The third kappa shape index (κ3) is 6.71. The van der Waals surface area contributed by atoms with Crippen LogP contribution in [0.5, 0.6) is 11.5 Å².